The van der Waals surface area contributed by atoms with E-state index in [1.54, 1.807) is 10.7 Å². The lowest BCUT2D eigenvalue weighted by Crippen LogP contribution is -2.19. The van der Waals surface area contributed by atoms with Crippen LogP contribution in [0.3, 0.4) is 0 Å². The summed E-state index contributed by atoms with van der Waals surface area (Å²) in [4.78, 5) is 0. The van der Waals surface area contributed by atoms with Gasteiger partial charge < -0.3 is 0 Å². The second kappa shape index (κ2) is 4.32. The molecule has 0 amide bonds. The van der Waals surface area contributed by atoms with E-state index in [-0.39, 0.29) is 11.2 Å². The molecule has 0 spiro atoms. The molecule has 0 aliphatic carbocycles. The molecule has 1 aromatic heterocycles. The minimum atomic E-state index is -0.261. The molecule has 0 aliphatic heterocycles. The largest absolute Gasteiger partial charge is 0.207 e. The summed E-state index contributed by atoms with van der Waals surface area (Å²) >= 11 is 2.08. The van der Waals surface area contributed by atoms with E-state index in [2.05, 4.69) is 38.1 Å². The summed E-state index contributed by atoms with van der Waals surface area (Å²) in [7, 11) is 0. The Morgan fingerprint density at radius 1 is 1.29 bits per heavy atom. The molecular weight excluding hydrogens is 334 g/mol. The lowest BCUT2D eigenvalue weighted by atomic mass is 9.96. The van der Waals surface area contributed by atoms with Crippen LogP contribution in [0.5, 0.6) is 0 Å². The van der Waals surface area contributed by atoms with Crippen molar-refractivity contribution >= 4 is 22.6 Å². The molecule has 0 saturated carbocycles. The molecule has 90 valence electrons. The number of tetrazole rings is 1. The zero-order valence-corrected chi connectivity index (χ0v) is 11.9. The van der Waals surface area contributed by atoms with Gasteiger partial charge >= 0.3 is 0 Å². The van der Waals surface area contributed by atoms with Crippen LogP contribution >= 0.6 is 22.6 Å². The Kier molecular flexibility index (Phi) is 3.15. The first-order valence-corrected chi connectivity index (χ1v) is 6.22. The number of nitrogens with zero attached hydrogens (tertiary/aromatic N) is 4. The van der Waals surface area contributed by atoms with Crippen molar-refractivity contribution in [3.8, 4) is 5.69 Å². The van der Waals surface area contributed by atoms with Crippen LogP contribution in [0.2, 0.25) is 0 Å². The van der Waals surface area contributed by atoms with Gasteiger partial charge in [-0.2, -0.15) is 4.68 Å². The van der Waals surface area contributed by atoms with Crippen molar-refractivity contribution in [3.05, 3.63) is 33.4 Å². The van der Waals surface area contributed by atoms with Gasteiger partial charge in [0.1, 0.15) is 5.82 Å². The predicted octanol–water partition coefficient (Wildman–Crippen LogP) is 2.70. The highest BCUT2D eigenvalue weighted by molar-refractivity contribution is 14.1. The molecule has 0 radical (unpaired) electrons. The van der Waals surface area contributed by atoms with Gasteiger partial charge in [0.25, 0.3) is 0 Å². The van der Waals surface area contributed by atoms with Gasteiger partial charge in [-0.05, 0) is 51.2 Å². The summed E-state index contributed by atoms with van der Waals surface area (Å²) in [5.74, 6) is 0.491. The number of rotatable bonds is 1. The number of hydrogen-bond acceptors (Lipinski definition) is 3. The molecule has 0 aliphatic rings. The summed E-state index contributed by atoms with van der Waals surface area (Å²) in [5, 5.41) is 11.7. The van der Waals surface area contributed by atoms with Gasteiger partial charge in [-0.3, -0.25) is 0 Å². The van der Waals surface area contributed by atoms with E-state index in [0.717, 1.165) is 15.1 Å². The fraction of sp³-hybridized carbons (Fsp3) is 0.364. The maximum atomic E-state index is 13.1. The number of aromatic nitrogens is 4. The monoisotopic (exact) mass is 346 g/mol. The van der Waals surface area contributed by atoms with Crippen LogP contribution in [0.1, 0.15) is 26.6 Å². The summed E-state index contributed by atoms with van der Waals surface area (Å²) in [6.45, 7) is 6.10. The SMILES string of the molecule is CC(C)(C)c1nnnn1-c1ccc(F)cc1I. The topological polar surface area (TPSA) is 43.6 Å². The van der Waals surface area contributed by atoms with E-state index in [0.29, 0.717) is 0 Å². The Balaban J connectivity index is 2.58. The summed E-state index contributed by atoms with van der Waals surface area (Å²) in [5.41, 5.74) is 0.628. The predicted molar refractivity (Wildman–Crippen MR) is 70.5 cm³/mol. The van der Waals surface area contributed by atoms with Gasteiger partial charge in [0, 0.05) is 8.99 Å². The van der Waals surface area contributed by atoms with Gasteiger partial charge in [0.15, 0.2) is 5.82 Å². The van der Waals surface area contributed by atoms with Crippen LogP contribution < -0.4 is 0 Å². The lowest BCUT2D eigenvalue weighted by molar-refractivity contribution is 0.525. The van der Waals surface area contributed by atoms with Crippen LogP contribution in [-0.4, -0.2) is 20.2 Å². The van der Waals surface area contributed by atoms with Crippen molar-refractivity contribution in [1.29, 1.82) is 0 Å². The average molecular weight is 346 g/mol. The third kappa shape index (κ3) is 2.46. The molecule has 0 bridgehead atoms. The molecule has 0 atom stereocenters. The van der Waals surface area contributed by atoms with E-state index in [1.807, 2.05) is 20.8 Å². The highest BCUT2D eigenvalue weighted by Crippen LogP contribution is 2.24. The van der Waals surface area contributed by atoms with E-state index >= 15 is 0 Å². The van der Waals surface area contributed by atoms with Crippen LogP contribution in [0.15, 0.2) is 18.2 Å². The van der Waals surface area contributed by atoms with Gasteiger partial charge in [0.05, 0.1) is 5.69 Å². The number of hydrogen-bond donors (Lipinski definition) is 0. The van der Waals surface area contributed by atoms with Crippen molar-refractivity contribution in [2.24, 2.45) is 0 Å². The van der Waals surface area contributed by atoms with Crippen LogP contribution in [-0.2, 0) is 5.41 Å². The van der Waals surface area contributed by atoms with Crippen molar-refractivity contribution in [2.45, 2.75) is 26.2 Å². The maximum absolute atomic E-state index is 13.1. The van der Waals surface area contributed by atoms with Crippen LogP contribution in [0.4, 0.5) is 4.39 Å². The minimum Gasteiger partial charge on any atom is -0.207 e. The third-order valence-corrected chi connectivity index (χ3v) is 3.14. The van der Waals surface area contributed by atoms with Crippen molar-refractivity contribution in [2.75, 3.05) is 0 Å². The fourth-order valence-electron chi connectivity index (χ4n) is 1.47. The van der Waals surface area contributed by atoms with E-state index in [9.17, 15) is 4.39 Å². The Labute approximate surface area is 112 Å². The molecule has 17 heavy (non-hydrogen) atoms. The smallest absolute Gasteiger partial charge is 0.162 e. The Morgan fingerprint density at radius 3 is 2.59 bits per heavy atom. The van der Waals surface area contributed by atoms with Gasteiger partial charge in [-0.15, -0.1) is 5.10 Å². The maximum Gasteiger partial charge on any atom is 0.162 e. The minimum absolute atomic E-state index is 0.166. The molecule has 1 heterocycles. The van der Waals surface area contributed by atoms with Crippen LogP contribution in [0, 0.1) is 9.39 Å². The second-order valence-electron chi connectivity index (χ2n) is 4.76. The second-order valence-corrected chi connectivity index (χ2v) is 5.92. The van der Waals surface area contributed by atoms with Crippen molar-refractivity contribution < 1.29 is 4.39 Å². The molecule has 0 unspecified atom stereocenters. The zero-order chi connectivity index (χ0) is 12.6. The molecule has 1 aromatic carbocycles. The summed E-state index contributed by atoms with van der Waals surface area (Å²) in [6.07, 6.45) is 0. The first-order valence-electron chi connectivity index (χ1n) is 5.14. The molecule has 0 fully saturated rings. The van der Waals surface area contributed by atoms with E-state index < -0.39 is 0 Å². The third-order valence-electron chi connectivity index (χ3n) is 2.28. The lowest BCUT2D eigenvalue weighted by Gasteiger charge is -2.17. The first-order chi connectivity index (χ1) is 7.89. The number of benzene rings is 1. The first kappa shape index (κ1) is 12.4. The van der Waals surface area contributed by atoms with Gasteiger partial charge in [0.2, 0.25) is 0 Å². The molecule has 0 saturated heterocycles. The van der Waals surface area contributed by atoms with E-state index in [4.69, 9.17) is 0 Å². The van der Waals surface area contributed by atoms with Crippen molar-refractivity contribution in [1.82, 2.24) is 20.2 Å². The molecular formula is C11H12FIN4. The highest BCUT2D eigenvalue weighted by Gasteiger charge is 2.23. The summed E-state index contributed by atoms with van der Waals surface area (Å²) < 4.78 is 15.5. The number of halogens is 2. The standard InChI is InChI=1S/C11H12FIN4/c1-11(2,3)10-14-15-16-17(10)9-5-4-7(12)6-8(9)13/h4-6H,1-3H3. The Hall–Kier alpha value is -1.05. The summed E-state index contributed by atoms with van der Waals surface area (Å²) in [6, 6.07) is 4.55. The van der Waals surface area contributed by atoms with Gasteiger partial charge in [-0.1, -0.05) is 20.8 Å². The molecule has 6 heteroatoms. The van der Waals surface area contributed by atoms with Crippen molar-refractivity contribution in [3.63, 3.8) is 0 Å². The molecule has 2 rings (SSSR count). The molecule has 2 aromatic rings. The Morgan fingerprint density at radius 2 is 2.00 bits per heavy atom. The molecule has 4 nitrogen and oxygen atoms in total. The fourth-order valence-corrected chi connectivity index (χ4v) is 2.18. The zero-order valence-electron chi connectivity index (χ0n) is 9.78. The quantitative estimate of drug-likeness (QED) is 0.746. The highest BCUT2D eigenvalue weighted by atomic mass is 127. The van der Waals surface area contributed by atoms with Crippen LogP contribution in [0.25, 0.3) is 5.69 Å². The van der Waals surface area contributed by atoms with E-state index in [1.165, 1.54) is 12.1 Å². The van der Waals surface area contributed by atoms with Gasteiger partial charge in [-0.25, -0.2) is 4.39 Å². The molecule has 0 N–H and O–H groups in total. The Bertz CT molecular complexity index is 545. The normalized spacial score (nSPS) is 11.8. The average Bonchev–Trinajstić information content (AvgIpc) is 2.65.